The Hall–Kier alpha value is -4.48. The molecule has 8 heteroatoms. The van der Waals surface area contributed by atoms with Crippen molar-refractivity contribution in [2.24, 2.45) is 0 Å². The van der Waals surface area contributed by atoms with E-state index in [1.807, 2.05) is 66.9 Å². The molecule has 1 aliphatic heterocycles. The second-order valence-corrected chi connectivity index (χ2v) is 9.08. The summed E-state index contributed by atoms with van der Waals surface area (Å²) in [5.74, 6) is -0.691. The summed E-state index contributed by atoms with van der Waals surface area (Å²) in [6, 6.07) is 22.7. The van der Waals surface area contributed by atoms with Crippen molar-refractivity contribution < 1.29 is 14.0 Å². The van der Waals surface area contributed by atoms with Crippen molar-refractivity contribution in [3.05, 3.63) is 112 Å². The van der Waals surface area contributed by atoms with Gasteiger partial charge in [0.05, 0.1) is 24.2 Å². The van der Waals surface area contributed by atoms with Gasteiger partial charge in [0.15, 0.2) is 0 Å². The Morgan fingerprint density at radius 1 is 1.03 bits per heavy atom. The zero-order valence-electron chi connectivity index (χ0n) is 19.2. The molecule has 176 valence electrons. The maximum absolute atomic E-state index is 13.5. The van der Waals surface area contributed by atoms with Crippen molar-refractivity contribution in [3.63, 3.8) is 0 Å². The number of aromatic nitrogens is 2. The predicted octanol–water partition coefficient (Wildman–Crippen LogP) is 5.69. The Balaban J connectivity index is 1.66. The standard InChI is InChI=1S/C28H19BrN4O3/c1-18-24(27(34)32(28(35)25(18)15-30)17-23-8-5-13-36-23)14-20-16-33(22-6-3-2-4-7-22)31-26(20)19-9-11-21(29)12-10-19/h2-14,16H,17H2,1H3/b24-14+. The normalized spacial score (nSPS) is 15.0. The monoisotopic (exact) mass is 538 g/mol. The topological polar surface area (TPSA) is 92.1 Å². The Morgan fingerprint density at radius 2 is 1.78 bits per heavy atom. The molecule has 4 aromatic rings. The second-order valence-electron chi connectivity index (χ2n) is 8.17. The number of rotatable bonds is 5. The fourth-order valence-corrected chi connectivity index (χ4v) is 4.29. The van der Waals surface area contributed by atoms with Crippen LogP contribution in [0.4, 0.5) is 0 Å². The molecular weight excluding hydrogens is 520 g/mol. The fourth-order valence-electron chi connectivity index (χ4n) is 4.03. The summed E-state index contributed by atoms with van der Waals surface area (Å²) in [5.41, 5.74) is 3.55. The molecular formula is C28H19BrN4O3. The van der Waals surface area contributed by atoms with Crippen LogP contribution in [0.2, 0.25) is 0 Å². The van der Waals surface area contributed by atoms with Gasteiger partial charge in [-0.3, -0.25) is 14.5 Å². The number of benzene rings is 2. The Kier molecular flexibility index (Phi) is 6.23. The van der Waals surface area contributed by atoms with E-state index < -0.39 is 11.8 Å². The smallest absolute Gasteiger partial charge is 0.272 e. The van der Waals surface area contributed by atoms with E-state index in [-0.39, 0.29) is 17.7 Å². The minimum absolute atomic E-state index is 0.0662. The number of carbonyl (C=O) groups is 2. The van der Waals surface area contributed by atoms with E-state index in [9.17, 15) is 14.9 Å². The van der Waals surface area contributed by atoms with Crippen molar-refractivity contribution in [3.8, 4) is 23.0 Å². The molecule has 2 amide bonds. The summed E-state index contributed by atoms with van der Waals surface area (Å²) < 4.78 is 8.01. The van der Waals surface area contributed by atoms with Crippen molar-refractivity contribution in [1.82, 2.24) is 14.7 Å². The van der Waals surface area contributed by atoms with Gasteiger partial charge >= 0.3 is 0 Å². The van der Waals surface area contributed by atoms with E-state index in [2.05, 4.69) is 15.9 Å². The first-order valence-corrected chi connectivity index (χ1v) is 11.9. The average Bonchev–Trinajstić information content (AvgIpc) is 3.56. The minimum atomic E-state index is -0.637. The molecule has 7 nitrogen and oxygen atoms in total. The lowest BCUT2D eigenvalue weighted by Crippen LogP contribution is -2.42. The first-order chi connectivity index (χ1) is 17.5. The maximum atomic E-state index is 13.5. The van der Waals surface area contributed by atoms with E-state index in [1.54, 1.807) is 29.8 Å². The molecule has 36 heavy (non-hydrogen) atoms. The zero-order chi connectivity index (χ0) is 25.2. The van der Waals surface area contributed by atoms with Gasteiger partial charge in [-0.2, -0.15) is 10.4 Å². The number of carbonyl (C=O) groups excluding carboxylic acids is 2. The van der Waals surface area contributed by atoms with Gasteiger partial charge in [0.1, 0.15) is 17.4 Å². The number of amides is 2. The first kappa shape index (κ1) is 23.3. The van der Waals surface area contributed by atoms with Gasteiger partial charge in [-0.25, -0.2) is 4.68 Å². The highest BCUT2D eigenvalue weighted by molar-refractivity contribution is 9.10. The van der Waals surface area contributed by atoms with Crippen LogP contribution in [-0.4, -0.2) is 26.5 Å². The lowest BCUT2D eigenvalue weighted by atomic mass is 9.93. The number of para-hydroxylation sites is 1. The van der Waals surface area contributed by atoms with Gasteiger partial charge in [-0.05, 0) is 55.0 Å². The molecule has 2 aromatic carbocycles. The molecule has 0 bridgehead atoms. The SMILES string of the molecule is CC1=C(C#N)C(=O)N(Cc2ccco2)C(=O)/C1=C/c1cn(-c2ccccc2)nc1-c1ccc(Br)cc1. The van der Waals surface area contributed by atoms with Crippen molar-refractivity contribution in [2.45, 2.75) is 13.5 Å². The highest BCUT2D eigenvalue weighted by atomic mass is 79.9. The number of imide groups is 1. The molecule has 5 rings (SSSR count). The molecule has 0 radical (unpaired) electrons. The van der Waals surface area contributed by atoms with Gasteiger partial charge in [0.2, 0.25) is 0 Å². The quantitative estimate of drug-likeness (QED) is 0.240. The third-order valence-electron chi connectivity index (χ3n) is 5.90. The second kappa shape index (κ2) is 9.64. The van der Waals surface area contributed by atoms with E-state index in [1.165, 1.54) is 6.26 Å². The van der Waals surface area contributed by atoms with Crippen molar-refractivity contribution in [2.75, 3.05) is 0 Å². The molecule has 0 saturated carbocycles. The van der Waals surface area contributed by atoms with Crippen LogP contribution in [0.1, 0.15) is 18.2 Å². The predicted molar refractivity (Wildman–Crippen MR) is 137 cm³/mol. The van der Waals surface area contributed by atoms with E-state index in [0.29, 0.717) is 22.6 Å². The van der Waals surface area contributed by atoms with Gasteiger partial charge in [-0.1, -0.05) is 46.3 Å². The van der Waals surface area contributed by atoms with Crippen LogP contribution >= 0.6 is 15.9 Å². The largest absolute Gasteiger partial charge is 0.467 e. The molecule has 0 saturated heterocycles. The van der Waals surface area contributed by atoms with Crippen LogP contribution in [0.5, 0.6) is 0 Å². The number of halogens is 1. The first-order valence-electron chi connectivity index (χ1n) is 11.1. The average molecular weight is 539 g/mol. The third-order valence-corrected chi connectivity index (χ3v) is 6.43. The van der Waals surface area contributed by atoms with E-state index in [4.69, 9.17) is 9.52 Å². The molecule has 3 heterocycles. The number of nitriles is 1. The van der Waals surface area contributed by atoms with Gasteiger partial charge in [0, 0.05) is 27.4 Å². The Morgan fingerprint density at radius 3 is 2.44 bits per heavy atom. The molecule has 0 fully saturated rings. The van der Waals surface area contributed by atoms with Crippen LogP contribution in [-0.2, 0) is 16.1 Å². The lowest BCUT2D eigenvalue weighted by Gasteiger charge is -2.26. The molecule has 0 spiro atoms. The van der Waals surface area contributed by atoms with Gasteiger partial charge in [0.25, 0.3) is 11.8 Å². The lowest BCUT2D eigenvalue weighted by molar-refractivity contribution is -0.141. The summed E-state index contributed by atoms with van der Waals surface area (Å²) in [4.78, 5) is 27.5. The van der Waals surface area contributed by atoms with Crippen LogP contribution in [0.25, 0.3) is 23.0 Å². The highest BCUT2D eigenvalue weighted by Gasteiger charge is 2.36. The van der Waals surface area contributed by atoms with Crippen LogP contribution in [0.15, 0.2) is 105 Å². The maximum Gasteiger partial charge on any atom is 0.272 e. The minimum Gasteiger partial charge on any atom is -0.467 e. The molecule has 1 aliphatic rings. The van der Waals surface area contributed by atoms with Gasteiger partial charge < -0.3 is 4.42 Å². The fraction of sp³-hybridized carbons (Fsp3) is 0.0714. The Bertz CT molecular complexity index is 1560. The van der Waals surface area contributed by atoms with Crippen molar-refractivity contribution in [1.29, 1.82) is 5.26 Å². The Labute approximate surface area is 215 Å². The van der Waals surface area contributed by atoms with Crippen molar-refractivity contribution >= 4 is 33.8 Å². The molecule has 2 aromatic heterocycles. The summed E-state index contributed by atoms with van der Waals surface area (Å²) in [6.45, 7) is 1.55. The summed E-state index contributed by atoms with van der Waals surface area (Å²) in [6.07, 6.45) is 5.00. The summed E-state index contributed by atoms with van der Waals surface area (Å²) in [7, 11) is 0. The number of hydrogen-bond acceptors (Lipinski definition) is 5. The molecule has 0 N–H and O–H groups in total. The summed E-state index contributed by atoms with van der Waals surface area (Å²) >= 11 is 3.46. The molecule has 0 unspecified atom stereocenters. The van der Waals surface area contributed by atoms with Crippen LogP contribution in [0.3, 0.4) is 0 Å². The van der Waals surface area contributed by atoms with Gasteiger partial charge in [-0.15, -0.1) is 0 Å². The third kappa shape index (κ3) is 4.32. The number of hydrogen-bond donors (Lipinski definition) is 0. The van der Waals surface area contributed by atoms with Crippen LogP contribution in [0, 0.1) is 11.3 Å². The summed E-state index contributed by atoms with van der Waals surface area (Å²) in [5, 5.41) is 14.5. The number of nitrogens with zero attached hydrogens (tertiary/aromatic N) is 4. The van der Waals surface area contributed by atoms with E-state index >= 15 is 0 Å². The van der Waals surface area contributed by atoms with E-state index in [0.717, 1.165) is 20.6 Å². The number of furan rings is 1. The zero-order valence-corrected chi connectivity index (χ0v) is 20.8. The highest BCUT2D eigenvalue weighted by Crippen LogP contribution is 2.32. The molecule has 0 aliphatic carbocycles. The molecule has 0 atom stereocenters. The van der Waals surface area contributed by atoms with Crippen LogP contribution < -0.4 is 0 Å².